The van der Waals surface area contributed by atoms with Gasteiger partial charge in [-0.25, -0.2) is 4.79 Å². The summed E-state index contributed by atoms with van der Waals surface area (Å²) in [6.45, 7) is 6.53. The van der Waals surface area contributed by atoms with Crippen molar-refractivity contribution in [3.8, 4) is 0 Å². The molecule has 1 aliphatic carbocycles. The average Bonchev–Trinajstić information content (AvgIpc) is 2.78. The Balaban J connectivity index is 1.56. The second-order valence-corrected chi connectivity index (χ2v) is 9.42. The van der Waals surface area contributed by atoms with Crippen LogP contribution in [-0.2, 0) is 16.0 Å². The fourth-order valence-electron chi connectivity index (χ4n) is 4.85. The number of hydrogen-bond donors (Lipinski definition) is 2. The number of rotatable bonds is 5. The van der Waals surface area contributed by atoms with Crippen molar-refractivity contribution in [3.63, 3.8) is 0 Å². The molecular formula is C21H28ClN3O3. The number of benzene rings is 1. The smallest absolute Gasteiger partial charge is 0.325 e. The van der Waals surface area contributed by atoms with Gasteiger partial charge in [-0.3, -0.25) is 14.5 Å². The van der Waals surface area contributed by atoms with Crippen LogP contribution in [0.5, 0.6) is 0 Å². The van der Waals surface area contributed by atoms with Crippen molar-refractivity contribution in [1.29, 1.82) is 0 Å². The van der Waals surface area contributed by atoms with E-state index in [0.717, 1.165) is 16.9 Å². The molecule has 2 aliphatic rings. The highest BCUT2D eigenvalue weighted by atomic mass is 35.5. The van der Waals surface area contributed by atoms with Gasteiger partial charge in [-0.05, 0) is 54.7 Å². The fraction of sp³-hybridized carbons (Fsp3) is 0.571. The molecule has 1 saturated carbocycles. The number of nitrogens with one attached hydrogen (secondary N) is 2. The van der Waals surface area contributed by atoms with Gasteiger partial charge in [0.1, 0.15) is 12.1 Å². The van der Waals surface area contributed by atoms with Gasteiger partial charge in [0.2, 0.25) is 5.91 Å². The number of imide groups is 1. The first kappa shape index (κ1) is 20.6. The summed E-state index contributed by atoms with van der Waals surface area (Å²) >= 11 is 5.86. The third-order valence-electron chi connectivity index (χ3n) is 5.58. The molecular weight excluding hydrogens is 378 g/mol. The van der Waals surface area contributed by atoms with Crippen molar-refractivity contribution >= 4 is 29.4 Å². The lowest BCUT2D eigenvalue weighted by molar-refractivity contribution is -0.137. The molecule has 1 aromatic rings. The molecule has 2 unspecified atom stereocenters. The van der Waals surface area contributed by atoms with E-state index in [1.807, 2.05) is 12.1 Å². The molecule has 152 valence electrons. The second-order valence-electron chi connectivity index (χ2n) is 8.98. The van der Waals surface area contributed by atoms with Crippen molar-refractivity contribution in [2.45, 2.75) is 52.0 Å². The molecule has 1 spiro atoms. The first-order valence-corrected chi connectivity index (χ1v) is 10.1. The molecule has 0 aromatic heterocycles. The summed E-state index contributed by atoms with van der Waals surface area (Å²) < 4.78 is 0. The highest BCUT2D eigenvalue weighted by molar-refractivity contribution is 6.30. The molecule has 1 aliphatic heterocycles. The molecule has 28 heavy (non-hydrogen) atoms. The third-order valence-corrected chi connectivity index (χ3v) is 5.83. The molecule has 1 aromatic carbocycles. The maximum absolute atomic E-state index is 13.0. The summed E-state index contributed by atoms with van der Waals surface area (Å²) in [4.78, 5) is 38.8. The normalized spacial score (nSPS) is 26.4. The second kappa shape index (κ2) is 7.74. The van der Waals surface area contributed by atoms with Crippen molar-refractivity contribution in [2.75, 3.05) is 13.1 Å². The molecule has 4 amide bonds. The van der Waals surface area contributed by atoms with Crippen LogP contribution in [0.2, 0.25) is 5.02 Å². The first-order chi connectivity index (χ1) is 13.1. The minimum atomic E-state index is -0.873. The predicted molar refractivity (Wildman–Crippen MR) is 108 cm³/mol. The largest absolute Gasteiger partial charge is 0.354 e. The van der Waals surface area contributed by atoms with E-state index in [2.05, 4.69) is 31.4 Å². The molecule has 0 radical (unpaired) electrons. The molecule has 7 heteroatoms. The Morgan fingerprint density at radius 3 is 2.57 bits per heavy atom. The minimum absolute atomic E-state index is 0.0303. The van der Waals surface area contributed by atoms with Crippen molar-refractivity contribution in [1.82, 2.24) is 15.5 Å². The van der Waals surface area contributed by atoms with E-state index in [0.29, 0.717) is 36.7 Å². The lowest BCUT2D eigenvalue weighted by atomic mass is 9.64. The summed E-state index contributed by atoms with van der Waals surface area (Å²) in [6.07, 6.45) is 2.89. The Morgan fingerprint density at radius 2 is 1.93 bits per heavy atom. The number of nitrogens with zero attached hydrogens (tertiary/aromatic N) is 1. The van der Waals surface area contributed by atoms with Gasteiger partial charge in [0.05, 0.1) is 0 Å². The summed E-state index contributed by atoms with van der Waals surface area (Å²) in [7, 11) is 0. The van der Waals surface area contributed by atoms with Gasteiger partial charge in [0, 0.05) is 11.6 Å². The van der Waals surface area contributed by atoms with Crippen LogP contribution in [0.15, 0.2) is 24.3 Å². The zero-order valence-electron chi connectivity index (χ0n) is 16.7. The van der Waals surface area contributed by atoms with Crippen LogP contribution in [0.1, 0.15) is 45.6 Å². The van der Waals surface area contributed by atoms with Crippen molar-refractivity contribution < 1.29 is 14.4 Å². The molecule has 2 N–H and O–H groups in total. The van der Waals surface area contributed by atoms with Gasteiger partial charge in [-0.2, -0.15) is 0 Å². The van der Waals surface area contributed by atoms with Crippen molar-refractivity contribution in [3.05, 3.63) is 34.9 Å². The molecule has 1 saturated heterocycles. The summed E-state index contributed by atoms with van der Waals surface area (Å²) in [5.41, 5.74) is 0.149. The lowest BCUT2D eigenvalue weighted by Gasteiger charge is -2.43. The third kappa shape index (κ3) is 4.49. The molecule has 0 bridgehead atoms. The Morgan fingerprint density at radius 1 is 1.25 bits per heavy atom. The van der Waals surface area contributed by atoms with Gasteiger partial charge < -0.3 is 10.6 Å². The van der Waals surface area contributed by atoms with E-state index in [1.54, 1.807) is 12.1 Å². The Bertz CT molecular complexity index is 778. The van der Waals surface area contributed by atoms with Crippen LogP contribution in [0.3, 0.4) is 0 Å². The minimum Gasteiger partial charge on any atom is -0.354 e. The molecule has 2 fully saturated rings. The average molecular weight is 406 g/mol. The lowest BCUT2D eigenvalue weighted by Crippen LogP contribution is -2.54. The topological polar surface area (TPSA) is 78.5 Å². The molecule has 6 nitrogen and oxygen atoms in total. The first-order valence-electron chi connectivity index (χ1n) is 9.75. The fourth-order valence-corrected chi connectivity index (χ4v) is 4.97. The van der Waals surface area contributed by atoms with E-state index < -0.39 is 11.6 Å². The zero-order valence-corrected chi connectivity index (χ0v) is 17.4. The molecule has 3 rings (SSSR count). The van der Waals surface area contributed by atoms with Crippen LogP contribution in [0.25, 0.3) is 0 Å². The number of urea groups is 1. The zero-order chi connectivity index (χ0) is 20.5. The Kier molecular flexibility index (Phi) is 5.71. The van der Waals surface area contributed by atoms with Gasteiger partial charge >= 0.3 is 6.03 Å². The predicted octanol–water partition coefficient (Wildman–Crippen LogP) is 3.14. The number of carbonyl (C=O) groups excluding carboxylic acids is 3. The SMILES string of the molecule is CC1CC(C)(C)CC2(C1)NC(=O)N(CC(=O)NCCc1ccc(Cl)cc1)C2=O. The van der Waals surface area contributed by atoms with Crippen LogP contribution >= 0.6 is 11.6 Å². The van der Waals surface area contributed by atoms with Crippen LogP contribution < -0.4 is 10.6 Å². The summed E-state index contributed by atoms with van der Waals surface area (Å²) in [5, 5.41) is 6.34. The number of amides is 4. The van der Waals surface area contributed by atoms with E-state index >= 15 is 0 Å². The van der Waals surface area contributed by atoms with Crippen LogP contribution in [0, 0.1) is 11.3 Å². The number of carbonyl (C=O) groups is 3. The van der Waals surface area contributed by atoms with E-state index in [1.165, 1.54) is 0 Å². The molecule has 1 heterocycles. The van der Waals surface area contributed by atoms with Crippen LogP contribution in [-0.4, -0.2) is 41.4 Å². The van der Waals surface area contributed by atoms with Crippen molar-refractivity contribution in [2.24, 2.45) is 11.3 Å². The monoisotopic (exact) mass is 405 g/mol. The van der Waals surface area contributed by atoms with E-state index in [4.69, 9.17) is 11.6 Å². The van der Waals surface area contributed by atoms with E-state index in [9.17, 15) is 14.4 Å². The summed E-state index contributed by atoms with van der Waals surface area (Å²) in [6, 6.07) is 6.95. The Labute approximate surface area is 171 Å². The highest BCUT2D eigenvalue weighted by Gasteiger charge is 2.56. The van der Waals surface area contributed by atoms with Gasteiger partial charge in [0.25, 0.3) is 5.91 Å². The maximum Gasteiger partial charge on any atom is 0.325 e. The van der Waals surface area contributed by atoms with Gasteiger partial charge in [-0.1, -0.05) is 44.5 Å². The van der Waals surface area contributed by atoms with Crippen LogP contribution in [0.4, 0.5) is 4.79 Å². The highest BCUT2D eigenvalue weighted by Crippen LogP contribution is 2.46. The standard InChI is InChI=1S/C21H28ClN3O3/c1-14-10-20(2,3)13-21(11-14)18(27)25(19(28)24-21)12-17(26)23-9-8-15-4-6-16(22)7-5-15/h4-7,14H,8-13H2,1-3H3,(H,23,26)(H,24,28). The quantitative estimate of drug-likeness (QED) is 0.738. The Hall–Kier alpha value is -2.08. The van der Waals surface area contributed by atoms with E-state index in [-0.39, 0.29) is 23.8 Å². The maximum atomic E-state index is 13.0. The number of halogens is 1. The van der Waals surface area contributed by atoms with Gasteiger partial charge in [0.15, 0.2) is 0 Å². The van der Waals surface area contributed by atoms with Gasteiger partial charge in [-0.15, -0.1) is 0 Å². The number of hydrogen-bond acceptors (Lipinski definition) is 3. The molecule has 2 atom stereocenters. The summed E-state index contributed by atoms with van der Waals surface area (Å²) in [5.74, 6) is -0.274.